The Morgan fingerprint density at radius 1 is 0.153 bits per heavy atom. The zero-order valence-electron chi connectivity index (χ0n) is 32.7. The molecule has 59 heavy (non-hydrogen) atoms. The van der Waals surface area contributed by atoms with Gasteiger partial charge in [0.05, 0.1) is 23.8 Å². The summed E-state index contributed by atoms with van der Waals surface area (Å²) in [4.78, 5) is 0. The minimum atomic E-state index is -0.877. The van der Waals surface area contributed by atoms with Gasteiger partial charge < -0.3 is 0 Å². The zero-order chi connectivity index (χ0) is 38.7. The molecule has 0 atom stereocenters. The third-order valence-corrected chi connectivity index (χ3v) is 17.8. The van der Waals surface area contributed by atoms with Gasteiger partial charge in [0.25, 0.3) is 0 Å². The Hall–Kier alpha value is -4.63. The molecule has 9 aromatic carbocycles. The normalized spacial score (nSPS) is 10.2. The third-order valence-electron chi connectivity index (χ3n) is 9.56. The van der Waals surface area contributed by atoms with Gasteiger partial charge in [-0.1, -0.05) is 164 Å². The molecule has 0 aliphatic rings. The molecule has 0 bridgehead atoms. The third kappa shape index (κ3) is 13.2. The first-order valence-corrected chi connectivity index (χ1v) is 23.9. The van der Waals surface area contributed by atoms with Crippen molar-refractivity contribution in [3.8, 4) is 0 Å². The van der Waals surface area contributed by atoms with Crippen LogP contribution in [-0.2, 0) is 19.5 Å². The van der Waals surface area contributed by atoms with E-state index in [-0.39, 0.29) is 36.5 Å². The van der Waals surface area contributed by atoms with Crippen LogP contribution in [0, 0.1) is 0 Å². The van der Waals surface area contributed by atoms with Crippen molar-refractivity contribution in [3.63, 3.8) is 0 Å². The van der Waals surface area contributed by atoms with Gasteiger partial charge >= 0.3 is 0 Å². The molecule has 0 nitrogen and oxygen atoms in total. The van der Waals surface area contributed by atoms with Crippen LogP contribution in [0.15, 0.2) is 273 Å². The molecule has 9 aromatic rings. The molecule has 0 aliphatic heterocycles. The smallest absolute Gasteiger partial charge is 0.102 e. The SMILES string of the molecule is Br.[Rh].c1ccc([PH+](c2ccccc2)c2ccccc2)cc1.c1ccc([PH+](c2ccccc2)c2ccccc2)cc1.c1ccc([PH+](c2ccccc2)c2ccccc2)cc1. The van der Waals surface area contributed by atoms with Crippen LogP contribution in [-0.4, -0.2) is 0 Å². The van der Waals surface area contributed by atoms with Crippen molar-refractivity contribution >= 4 is 88.5 Å². The maximum absolute atomic E-state index is 2.24. The van der Waals surface area contributed by atoms with Crippen LogP contribution in [0.2, 0.25) is 0 Å². The molecule has 0 spiro atoms. The fraction of sp³-hybridized carbons (Fsp3) is 0. The first kappa shape index (κ1) is 45.5. The fourth-order valence-corrected chi connectivity index (χ4v) is 14.7. The molecule has 0 heterocycles. The van der Waals surface area contributed by atoms with Gasteiger partial charge in [-0.05, 0) is 109 Å². The summed E-state index contributed by atoms with van der Waals surface area (Å²) < 4.78 is 0. The minimum absolute atomic E-state index is 0. The Balaban J connectivity index is 0.000000165. The minimum Gasteiger partial charge on any atom is -0.114 e. The van der Waals surface area contributed by atoms with Crippen molar-refractivity contribution in [1.82, 2.24) is 0 Å². The molecule has 5 heteroatoms. The van der Waals surface area contributed by atoms with Crippen molar-refractivity contribution in [1.29, 1.82) is 0 Å². The molecule has 293 valence electrons. The Morgan fingerprint density at radius 3 is 0.322 bits per heavy atom. The van der Waals surface area contributed by atoms with Gasteiger partial charge in [0.1, 0.15) is 47.7 Å². The van der Waals surface area contributed by atoms with Gasteiger partial charge in [-0.3, -0.25) is 0 Å². The van der Waals surface area contributed by atoms with Crippen molar-refractivity contribution in [2.24, 2.45) is 0 Å². The summed E-state index contributed by atoms with van der Waals surface area (Å²) in [5.41, 5.74) is 0. The molecule has 0 N–H and O–H groups in total. The van der Waals surface area contributed by atoms with E-state index in [0.29, 0.717) is 0 Å². The van der Waals surface area contributed by atoms with Gasteiger partial charge in [0, 0.05) is 19.5 Å². The Labute approximate surface area is 378 Å². The largest absolute Gasteiger partial charge is 0.114 e. The summed E-state index contributed by atoms with van der Waals surface area (Å²) in [7, 11) is -2.63. The topological polar surface area (TPSA) is 0 Å². The Bertz CT molecular complexity index is 1870. The zero-order valence-corrected chi connectivity index (χ0v) is 39.1. The number of halogens is 1. The first-order valence-electron chi connectivity index (χ1n) is 19.4. The summed E-state index contributed by atoms with van der Waals surface area (Å²) in [5, 5.41) is 12.9. The first-order chi connectivity index (χ1) is 28.3. The monoisotopic (exact) mass is 972 g/mol. The second-order valence-corrected chi connectivity index (χ2v) is 20.9. The van der Waals surface area contributed by atoms with Crippen molar-refractivity contribution in [3.05, 3.63) is 273 Å². The van der Waals surface area contributed by atoms with Gasteiger partial charge in [-0.25, -0.2) is 0 Å². The van der Waals surface area contributed by atoms with Crippen LogP contribution in [0.4, 0.5) is 0 Å². The number of hydrogen-bond donors (Lipinski definition) is 0. The van der Waals surface area contributed by atoms with E-state index in [2.05, 4.69) is 273 Å². The predicted octanol–water partition coefficient (Wildman–Crippen LogP) is 10.1. The second kappa shape index (κ2) is 25.1. The summed E-state index contributed by atoms with van der Waals surface area (Å²) >= 11 is 0. The van der Waals surface area contributed by atoms with E-state index >= 15 is 0 Å². The van der Waals surface area contributed by atoms with Crippen LogP contribution < -0.4 is 47.7 Å². The van der Waals surface area contributed by atoms with E-state index in [1.165, 1.54) is 47.7 Å². The Morgan fingerprint density at radius 2 is 0.237 bits per heavy atom. The van der Waals surface area contributed by atoms with Crippen LogP contribution >= 0.6 is 40.7 Å². The van der Waals surface area contributed by atoms with Crippen LogP contribution in [0.3, 0.4) is 0 Å². The fourth-order valence-electron chi connectivity index (χ4n) is 6.94. The number of benzene rings is 9. The quantitative estimate of drug-likeness (QED) is 0.0999. The molecule has 9 rings (SSSR count). The molecule has 1 radical (unpaired) electrons. The molecule has 0 aromatic heterocycles. The van der Waals surface area contributed by atoms with Gasteiger partial charge in [0.2, 0.25) is 0 Å². The summed E-state index contributed by atoms with van der Waals surface area (Å²) in [6.07, 6.45) is 0. The number of hydrogen-bond acceptors (Lipinski definition) is 0. The van der Waals surface area contributed by atoms with E-state index in [9.17, 15) is 0 Å². The van der Waals surface area contributed by atoms with Crippen LogP contribution in [0.1, 0.15) is 0 Å². The molecule has 0 saturated heterocycles. The summed E-state index contributed by atoms with van der Waals surface area (Å²) in [5.74, 6) is 0. The number of rotatable bonds is 9. The van der Waals surface area contributed by atoms with Crippen molar-refractivity contribution in [2.45, 2.75) is 0 Å². The predicted molar refractivity (Wildman–Crippen MR) is 270 cm³/mol. The molecular formula is C54H49BrP3Rh+3. The van der Waals surface area contributed by atoms with E-state index in [1.807, 2.05) is 0 Å². The van der Waals surface area contributed by atoms with E-state index < -0.39 is 23.8 Å². The van der Waals surface area contributed by atoms with E-state index in [0.717, 1.165) is 0 Å². The van der Waals surface area contributed by atoms with Gasteiger partial charge in [0.15, 0.2) is 0 Å². The molecular weight excluding hydrogens is 924 g/mol. The standard InChI is InChI=1S/3C18H15P.BrH.Rh/c3*1-4-10-16(11-5-1)19(17-12-6-2-7-13-17)18-14-8-3-9-15-18;;/h3*1-15H;1H;/p+3. The van der Waals surface area contributed by atoms with Gasteiger partial charge in [-0.15, -0.1) is 17.0 Å². The van der Waals surface area contributed by atoms with Crippen molar-refractivity contribution < 1.29 is 19.5 Å². The summed E-state index contributed by atoms with van der Waals surface area (Å²) in [6, 6.07) is 97.5. The molecule has 0 amide bonds. The van der Waals surface area contributed by atoms with Crippen molar-refractivity contribution in [2.75, 3.05) is 0 Å². The van der Waals surface area contributed by atoms with E-state index in [4.69, 9.17) is 0 Å². The molecule has 0 fully saturated rings. The van der Waals surface area contributed by atoms with Gasteiger partial charge in [-0.2, -0.15) is 0 Å². The molecule has 0 unspecified atom stereocenters. The Kier molecular flexibility index (Phi) is 19.3. The van der Waals surface area contributed by atoms with Crippen LogP contribution in [0.5, 0.6) is 0 Å². The second-order valence-electron chi connectivity index (χ2n) is 13.4. The average Bonchev–Trinajstić information content (AvgIpc) is 3.30. The average molecular weight is 974 g/mol. The molecule has 0 aliphatic carbocycles. The maximum atomic E-state index is 2.24. The maximum Gasteiger partial charge on any atom is 0.102 e. The molecule has 0 saturated carbocycles. The van der Waals surface area contributed by atoms with E-state index in [1.54, 1.807) is 0 Å². The van der Waals surface area contributed by atoms with Crippen LogP contribution in [0.25, 0.3) is 0 Å². The summed E-state index contributed by atoms with van der Waals surface area (Å²) in [6.45, 7) is 0.